The van der Waals surface area contributed by atoms with Gasteiger partial charge in [0.05, 0.1) is 18.1 Å². The zero-order chi connectivity index (χ0) is 20.8. The van der Waals surface area contributed by atoms with Crippen LogP contribution in [-0.4, -0.2) is 51.0 Å². The second kappa shape index (κ2) is 9.93. The standard InChI is InChI=1S/C22H28N6OS/c1-2-15-30-22-25-19(27-12-7-4-8-13-27)18-16-24-28(20(18)26-22)14-11-23-21(29)17-9-5-3-6-10-17/h3,5-6,9-10,16H,2,4,7-8,11-15H2,1H3,(H,23,29). The minimum atomic E-state index is -0.0742. The van der Waals surface area contributed by atoms with Crippen molar-refractivity contribution in [1.29, 1.82) is 0 Å². The van der Waals surface area contributed by atoms with E-state index in [1.807, 2.05) is 41.2 Å². The highest BCUT2D eigenvalue weighted by Crippen LogP contribution is 2.29. The molecule has 0 saturated carbocycles. The maximum Gasteiger partial charge on any atom is 0.251 e. The third-order valence-electron chi connectivity index (χ3n) is 5.19. The number of rotatable bonds is 8. The minimum absolute atomic E-state index is 0.0742. The van der Waals surface area contributed by atoms with E-state index in [-0.39, 0.29) is 5.91 Å². The summed E-state index contributed by atoms with van der Waals surface area (Å²) in [5.74, 6) is 1.92. The predicted molar refractivity (Wildman–Crippen MR) is 121 cm³/mol. The number of carbonyl (C=O) groups is 1. The van der Waals surface area contributed by atoms with E-state index in [4.69, 9.17) is 9.97 Å². The SMILES string of the molecule is CCCSc1nc(N2CCCCC2)c2cnn(CCNC(=O)c3ccccc3)c2n1. The lowest BCUT2D eigenvalue weighted by molar-refractivity contribution is 0.0952. The molecular weight excluding hydrogens is 396 g/mol. The maximum atomic E-state index is 12.3. The molecule has 1 aliphatic heterocycles. The van der Waals surface area contributed by atoms with Crippen LogP contribution >= 0.6 is 11.8 Å². The van der Waals surface area contributed by atoms with Crippen LogP contribution in [0.5, 0.6) is 0 Å². The predicted octanol–water partition coefficient (Wildman–Crippen LogP) is 3.75. The molecule has 7 nitrogen and oxygen atoms in total. The van der Waals surface area contributed by atoms with Crippen molar-refractivity contribution >= 4 is 34.5 Å². The molecule has 3 heterocycles. The summed E-state index contributed by atoms with van der Waals surface area (Å²) in [5, 5.41) is 9.34. The molecule has 158 valence electrons. The lowest BCUT2D eigenvalue weighted by Crippen LogP contribution is -2.30. The summed E-state index contributed by atoms with van der Waals surface area (Å²) in [6, 6.07) is 9.26. The van der Waals surface area contributed by atoms with E-state index in [0.717, 1.165) is 47.3 Å². The van der Waals surface area contributed by atoms with Crippen LogP contribution in [0.15, 0.2) is 41.7 Å². The fourth-order valence-electron chi connectivity index (χ4n) is 3.66. The summed E-state index contributed by atoms with van der Waals surface area (Å²) in [6.07, 6.45) is 6.62. The molecule has 0 radical (unpaired) electrons. The van der Waals surface area contributed by atoms with Crippen LogP contribution in [0.2, 0.25) is 0 Å². The topological polar surface area (TPSA) is 75.9 Å². The van der Waals surface area contributed by atoms with Crippen LogP contribution in [0.4, 0.5) is 5.82 Å². The number of nitrogens with zero attached hydrogens (tertiary/aromatic N) is 5. The van der Waals surface area contributed by atoms with Gasteiger partial charge in [-0.3, -0.25) is 4.79 Å². The Morgan fingerprint density at radius 3 is 2.70 bits per heavy atom. The Bertz CT molecular complexity index is 984. The van der Waals surface area contributed by atoms with Crippen molar-refractivity contribution in [3.8, 4) is 0 Å². The van der Waals surface area contributed by atoms with E-state index in [9.17, 15) is 4.79 Å². The second-order valence-corrected chi connectivity index (χ2v) is 8.51. The Balaban J connectivity index is 1.53. The fourth-order valence-corrected chi connectivity index (χ4v) is 4.34. The van der Waals surface area contributed by atoms with Gasteiger partial charge in [-0.25, -0.2) is 14.6 Å². The molecule has 30 heavy (non-hydrogen) atoms. The smallest absolute Gasteiger partial charge is 0.251 e. The highest BCUT2D eigenvalue weighted by Gasteiger charge is 2.20. The van der Waals surface area contributed by atoms with Crippen LogP contribution in [0.25, 0.3) is 11.0 Å². The Labute approximate surface area is 181 Å². The van der Waals surface area contributed by atoms with Gasteiger partial charge in [0, 0.05) is 31.0 Å². The maximum absolute atomic E-state index is 12.3. The number of nitrogens with one attached hydrogen (secondary N) is 1. The number of benzene rings is 1. The number of anilines is 1. The average molecular weight is 425 g/mol. The number of thioether (sulfide) groups is 1. The number of aromatic nitrogens is 4. The molecule has 1 N–H and O–H groups in total. The van der Waals surface area contributed by atoms with E-state index in [0.29, 0.717) is 18.7 Å². The van der Waals surface area contributed by atoms with E-state index in [1.54, 1.807) is 11.8 Å². The zero-order valence-corrected chi connectivity index (χ0v) is 18.2. The largest absolute Gasteiger partial charge is 0.356 e. The molecule has 0 aliphatic carbocycles. The molecule has 2 aromatic heterocycles. The molecule has 1 saturated heterocycles. The van der Waals surface area contributed by atoms with E-state index in [2.05, 4.69) is 22.2 Å². The van der Waals surface area contributed by atoms with Crippen LogP contribution in [0, 0.1) is 0 Å². The first-order chi connectivity index (χ1) is 14.8. The summed E-state index contributed by atoms with van der Waals surface area (Å²) in [5.41, 5.74) is 1.51. The molecular formula is C22H28N6OS. The van der Waals surface area contributed by atoms with Gasteiger partial charge in [-0.05, 0) is 37.8 Å². The van der Waals surface area contributed by atoms with Crippen molar-refractivity contribution < 1.29 is 4.79 Å². The number of hydrogen-bond acceptors (Lipinski definition) is 6. The number of hydrogen-bond donors (Lipinski definition) is 1. The molecule has 3 aromatic rings. The van der Waals surface area contributed by atoms with Gasteiger partial charge in [0.1, 0.15) is 5.82 Å². The average Bonchev–Trinajstić information content (AvgIpc) is 3.21. The van der Waals surface area contributed by atoms with Crippen LogP contribution < -0.4 is 10.2 Å². The van der Waals surface area contributed by atoms with Crippen molar-refractivity contribution in [2.24, 2.45) is 0 Å². The number of fused-ring (bicyclic) bond motifs is 1. The van der Waals surface area contributed by atoms with E-state index in [1.165, 1.54) is 19.3 Å². The number of amides is 1. The van der Waals surface area contributed by atoms with Gasteiger partial charge in [-0.2, -0.15) is 5.10 Å². The van der Waals surface area contributed by atoms with Crippen molar-refractivity contribution in [2.75, 3.05) is 30.3 Å². The highest BCUT2D eigenvalue weighted by atomic mass is 32.2. The molecule has 0 spiro atoms. The Kier molecular flexibility index (Phi) is 6.84. The summed E-state index contributed by atoms with van der Waals surface area (Å²) >= 11 is 1.69. The number of carbonyl (C=O) groups excluding carboxylic acids is 1. The summed E-state index contributed by atoms with van der Waals surface area (Å²) in [6.45, 7) is 5.28. The van der Waals surface area contributed by atoms with Gasteiger partial charge in [0.15, 0.2) is 10.8 Å². The Morgan fingerprint density at radius 1 is 1.13 bits per heavy atom. The first-order valence-corrected chi connectivity index (χ1v) is 11.7. The van der Waals surface area contributed by atoms with Crippen molar-refractivity contribution in [1.82, 2.24) is 25.1 Å². The first-order valence-electron chi connectivity index (χ1n) is 10.7. The van der Waals surface area contributed by atoms with Crippen LogP contribution in [-0.2, 0) is 6.54 Å². The number of piperidine rings is 1. The summed E-state index contributed by atoms with van der Waals surface area (Å²) in [7, 11) is 0. The minimum Gasteiger partial charge on any atom is -0.356 e. The molecule has 0 unspecified atom stereocenters. The van der Waals surface area contributed by atoms with Gasteiger partial charge in [-0.1, -0.05) is 36.9 Å². The lowest BCUT2D eigenvalue weighted by atomic mass is 10.1. The van der Waals surface area contributed by atoms with Crippen LogP contribution in [0.3, 0.4) is 0 Å². The molecule has 1 aromatic carbocycles. The molecule has 0 bridgehead atoms. The molecule has 4 rings (SSSR count). The van der Waals surface area contributed by atoms with Gasteiger partial charge < -0.3 is 10.2 Å². The van der Waals surface area contributed by atoms with Crippen molar-refractivity contribution in [3.63, 3.8) is 0 Å². The first kappa shape index (κ1) is 20.7. The van der Waals surface area contributed by atoms with Gasteiger partial charge in [0.2, 0.25) is 0 Å². The third-order valence-corrected chi connectivity index (χ3v) is 6.24. The zero-order valence-electron chi connectivity index (χ0n) is 17.4. The molecule has 1 aliphatic rings. The second-order valence-electron chi connectivity index (χ2n) is 7.45. The molecule has 8 heteroatoms. The quantitative estimate of drug-likeness (QED) is 0.438. The van der Waals surface area contributed by atoms with E-state index >= 15 is 0 Å². The molecule has 0 atom stereocenters. The Morgan fingerprint density at radius 2 is 1.93 bits per heavy atom. The van der Waals surface area contributed by atoms with Crippen molar-refractivity contribution in [2.45, 2.75) is 44.3 Å². The fraction of sp³-hybridized carbons (Fsp3) is 0.455. The van der Waals surface area contributed by atoms with Gasteiger partial charge >= 0.3 is 0 Å². The Hall–Kier alpha value is -2.61. The van der Waals surface area contributed by atoms with E-state index < -0.39 is 0 Å². The molecule has 1 amide bonds. The monoisotopic (exact) mass is 424 g/mol. The van der Waals surface area contributed by atoms with Crippen LogP contribution in [0.1, 0.15) is 43.0 Å². The van der Waals surface area contributed by atoms with Crippen molar-refractivity contribution in [3.05, 3.63) is 42.1 Å². The lowest BCUT2D eigenvalue weighted by Gasteiger charge is -2.28. The summed E-state index contributed by atoms with van der Waals surface area (Å²) in [4.78, 5) is 24.3. The highest BCUT2D eigenvalue weighted by molar-refractivity contribution is 7.99. The van der Waals surface area contributed by atoms with Gasteiger partial charge in [-0.15, -0.1) is 0 Å². The third kappa shape index (κ3) is 4.75. The van der Waals surface area contributed by atoms with Gasteiger partial charge in [0.25, 0.3) is 5.91 Å². The summed E-state index contributed by atoms with van der Waals surface area (Å²) < 4.78 is 1.88. The normalized spacial score (nSPS) is 14.2. The molecule has 1 fully saturated rings.